The van der Waals surface area contributed by atoms with Crippen LogP contribution in [-0.2, 0) is 11.2 Å². The molecule has 27 heavy (non-hydrogen) atoms. The monoisotopic (exact) mass is 567 g/mol. The van der Waals surface area contributed by atoms with E-state index in [0.29, 0.717) is 11.5 Å². The Morgan fingerprint density at radius 2 is 2.19 bits per heavy atom. The van der Waals surface area contributed by atoms with Gasteiger partial charge in [-0.3, -0.25) is 0 Å². The van der Waals surface area contributed by atoms with E-state index in [4.69, 9.17) is 14.5 Å². The molecule has 0 bridgehead atoms. The molecular formula is C20H31N4O2Pb. The molecule has 7 heteroatoms. The van der Waals surface area contributed by atoms with Crippen LogP contribution in [0.2, 0.25) is 0 Å². The average Bonchev–Trinajstić information content (AvgIpc) is 2.59. The molecule has 1 saturated carbocycles. The van der Waals surface area contributed by atoms with E-state index < -0.39 is 0 Å². The molecule has 1 aliphatic carbocycles. The molecule has 1 aromatic heterocycles. The summed E-state index contributed by atoms with van der Waals surface area (Å²) in [6.07, 6.45) is 5.67. The predicted octanol–water partition coefficient (Wildman–Crippen LogP) is 0.816. The molecule has 0 aromatic carbocycles. The quantitative estimate of drug-likeness (QED) is 0.372. The normalized spacial score (nSPS) is 24.5. The summed E-state index contributed by atoms with van der Waals surface area (Å²) in [5.74, 6) is 1.05. The molecule has 3 heterocycles. The van der Waals surface area contributed by atoms with E-state index in [1.54, 1.807) is 0 Å². The van der Waals surface area contributed by atoms with Gasteiger partial charge in [0.05, 0.1) is 0 Å². The molecule has 1 aromatic rings. The summed E-state index contributed by atoms with van der Waals surface area (Å²) in [4.78, 5) is 9.42. The number of aromatic nitrogens is 1. The van der Waals surface area contributed by atoms with Crippen molar-refractivity contribution in [3.8, 4) is 5.75 Å². The molecule has 3 radical (unpaired) electrons. The molecule has 4 rings (SSSR count). The van der Waals surface area contributed by atoms with E-state index >= 15 is 0 Å². The summed E-state index contributed by atoms with van der Waals surface area (Å²) >= 11 is 1.17. The van der Waals surface area contributed by atoms with Gasteiger partial charge in [-0.15, -0.1) is 0 Å². The number of hydrogen-bond acceptors (Lipinski definition) is 6. The molecule has 0 amide bonds. The van der Waals surface area contributed by atoms with Gasteiger partial charge in [0.2, 0.25) is 0 Å². The Morgan fingerprint density at radius 1 is 1.37 bits per heavy atom. The van der Waals surface area contributed by atoms with Crippen LogP contribution in [0, 0.1) is 5.41 Å². The zero-order valence-corrected chi connectivity index (χ0v) is 20.4. The van der Waals surface area contributed by atoms with Crippen molar-refractivity contribution in [3.05, 3.63) is 23.5 Å². The van der Waals surface area contributed by atoms with Crippen LogP contribution in [0.1, 0.15) is 30.1 Å². The fraction of sp³-hybridized carbons (Fsp3) is 0.750. The average molecular weight is 567 g/mol. The molecule has 3 aliphatic rings. The molecule has 2 aliphatic heterocycles. The van der Waals surface area contributed by atoms with Crippen LogP contribution < -0.4 is 10.1 Å². The Labute approximate surface area is 178 Å². The van der Waals surface area contributed by atoms with Crippen molar-refractivity contribution in [3.63, 3.8) is 0 Å². The third-order valence-electron chi connectivity index (χ3n) is 6.22. The van der Waals surface area contributed by atoms with Crippen molar-refractivity contribution in [1.29, 1.82) is 0 Å². The Bertz CT molecular complexity index is 645. The van der Waals surface area contributed by atoms with Crippen LogP contribution in [0.3, 0.4) is 0 Å². The number of nitrogens with zero attached hydrogens (tertiary/aromatic N) is 3. The van der Waals surface area contributed by atoms with Crippen LogP contribution in [0.4, 0.5) is 0 Å². The zero-order chi connectivity index (χ0) is 18.9. The first-order chi connectivity index (χ1) is 13.1. The van der Waals surface area contributed by atoms with E-state index in [0.717, 1.165) is 55.7 Å². The van der Waals surface area contributed by atoms with E-state index in [1.807, 2.05) is 6.20 Å². The third kappa shape index (κ3) is 4.34. The first-order valence-corrected chi connectivity index (χ1v) is 12.8. The third-order valence-corrected chi connectivity index (χ3v) is 7.80. The first kappa shape index (κ1) is 20.0. The fourth-order valence-electron chi connectivity index (χ4n) is 4.50. The number of nitrogens with one attached hydrogen (secondary N) is 1. The van der Waals surface area contributed by atoms with Crippen molar-refractivity contribution in [2.75, 3.05) is 57.6 Å². The maximum atomic E-state index is 6.50. The summed E-state index contributed by atoms with van der Waals surface area (Å²) in [7, 11) is 4.17. The summed E-state index contributed by atoms with van der Waals surface area (Å²) < 4.78 is 13.7. The Kier molecular flexibility index (Phi) is 6.38. The van der Waals surface area contributed by atoms with Gasteiger partial charge in [0.1, 0.15) is 0 Å². The van der Waals surface area contributed by atoms with Gasteiger partial charge in [-0.1, -0.05) is 0 Å². The van der Waals surface area contributed by atoms with E-state index in [2.05, 4.69) is 35.3 Å². The van der Waals surface area contributed by atoms with Crippen molar-refractivity contribution >= 4 is 25.8 Å². The molecular weight excluding hydrogens is 535 g/mol. The molecule has 1 atom stereocenters. The SMILES string of the molecule is CN(C)CCOCC1c2c(OC3CC4(CNC4)C3)ccnc2CCN1[CH2][Pb]. The standard InChI is InChI=1S/C20H31N4O2.Pb/c1-23(2)8-9-25-12-17-19-16(5-7-24(17)3)22-6-4-18(19)26-15-10-20(11-15)13-21-14-20;/h4,6,15,17,21H,3,5,7-14H2,1-2H3;. The number of ether oxygens (including phenoxy) is 2. The van der Waals surface area contributed by atoms with Crippen molar-refractivity contribution in [2.45, 2.75) is 31.4 Å². The molecule has 1 saturated heterocycles. The number of likely N-dealkylation sites (N-methyl/N-ethyl adjacent to an activating group) is 1. The minimum absolute atomic E-state index is 0.275. The number of pyridine rings is 1. The van der Waals surface area contributed by atoms with Gasteiger partial charge in [0.15, 0.2) is 0 Å². The Hall–Kier alpha value is -0.288. The molecule has 6 nitrogen and oxygen atoms in total. The van der Waals surface area contributed by atoms with E-state index in [1.165, 1.54) is 49.9 Å². The molecule has 1 N–H and O–H groups in total. The summed E-state index contributed by atoms with van der Waals surface area (Å²) in [5, 5.41) is 3.41. The van der Waals surface area contributed by atoms with Crippen LogP contribution in [-0.4, -0.2) is 104 Å². The van der Waals surface area contributed by atoms with E-state index in [9.17, 15) is 0 Å². The second kappa shape index (κ2) is 8.61. The van der Waals surface area contributed by atoms with Crippen molar-refractivity contribution < 1.29 is 9.47 Å². The van der Waals surface area contributed by atoms with Gasteiger partial charge < -0.3 is 0 Å². The van der Waals surface area contributed by atoms with Gasteiger partial charge >= 0.3 is 179 Å². The first-order valence-electron chi connectivity index (χ1n) is 10.1. The molecule has 2 fully saturated rings. The summed E-state index contributed by atoms with van der Waals surface area (Å²) in [6, 6.07) is 2.35. The number of hydrogen-bond donors (Lipinski definition) is 1. The van der Waals surface area contributed by atoms with Crippen molar-refractivity contribution in [1.82, 2.24) is 20.1 Å². The Morgan fingerprint density at radius 3 is 2.85 bits per heavy atom. The minimum atomic E-state index is 0.275. The number of fused-ring (bicyclic) bond motifs is 1. The fourth-order valence-corrected chi connectivity index (χ4v) is 5.97. The van der Waals surface area contributed by atoms with Gasteiger partial charge in [-0.25, -0.2) is 0 Å². The topological polar surface area (TPSA) is 49.9 Å². The van der Waals surface area contributed by atoms with Gasteiger partial charge in [-0.05, 0) is 0 Å². The molecule has 1 spiro atoms. The van der Waals surface area contributed by atoms with Crippen molar-refractivity contribution in [2.24, 2.45) is 5.41 Å². The second-order valence-electron chi connectivity index (χ2n) is 8.54. The Balaban J connectivity index is 1.47. The zero-order valence-electron chi connectivity index (χ0n) is 16.5. The van der Waals surface area contributed by atoms with Crippen LogP contribution in [0.25, 0.3) is 0 Å². The molecule has 1 unspecified atom stereocenters. The van der Waals surface area contributed by atoms with Gasteiger partial charge in [0, 0.05) is 0 Å². The maximum absolute atomic E-state index is 6.50. The van der Waals surface area contributed by atoms with E-state index in [-0.39, 0.29) is 6.04 Å². The predicted molar refractivity (Wildman–Crippen MR) is 106 cm³/mol. The summed E-state index contributed by atoms with van der Waals surface area (Å²) in [6.45, 7) is 5.85. The van der Waals surface area contributed by atoms with Gasteiger partial charge in [0.25, 0.3) is 0 Å². The molecule has 147 valence electrons. The van der Waals surface area contributed by atoms with Crippen LogP contribution in [0.15, 0.2) is 12.3 Å². The van der Waals surface area contributed by atoms with Crippen LogP contribution >= 0.6 is 0 Å². The summed E-state index contributed by atoms with van der Waals surface area (Å²) in [5.41, 5.74) is 3.03. The van der Waals surface area contributed by atoms with Crippen LogP contribution in [0.5, 0.6) is 5.75 Å². The number of rotatable bonds is 8. The van der Waals surface area contributed by atoms with Gasteiger partial charge in [-0.2, -0.15) is 0 Å². The second-order valence-corrected chi connectivity index (χ2v) is 9.76.